The first-order chi connectivity index (χ1) is 4.54. The minimum Gasteiger partial charge on any atom is -0.314 e. The van der Waals surface area contributed by atoms with Crippen molar-refractivity contribution in [1.82, 2.24) is 5.32 Å². The van der Waals surface area contributed by atoms with Crippen molar-refractivity contribution in [2.75, 3.05) is 6.54 Å². The highest BCUT2D eigenvalue weighted by molar-refractivity contribution is 4.62. The Morgan fingerprint density at radius 3 is 1.80 bits per heavy atom. The molecule has 0 aliphatic heterocycles. The molecule has 0 aliphatic rings. The van der Waals surface area contributed by atoms with Gasteiger partial charge in [-0.1, -0.05) is 34.6 Å². The fourth-order valence-corrected chi connectivity index (χ4v) is 0.657. The van der Waals surface area contributed by atoms with Gasteiger partial charge in [0, 0.05) is 6.04 Å². The van der Waals surface area contributed by atoms with Crippen LogP contribution >= 0.6 is 0 Å². The molecular formula is C9H21N. The van der Waals surface area contributed by atoms with Gasteiger partial charge < -0.3 is 5.32 Å². The van der Waals surface area contributed by atoms with E-state index in [1.54, 1.807) is 0 Å². The smallest absolute Gasteiger partial charge is 0.00104 e. The zero-order valence-electron chi connectivity index (χ0n) is 7.94. The second kappa shape index (κ2) is 4.73. The molecule has 0 unspecified atom stereocenters. The molecule has 0 rings (SSSR count). The van der Waals surface area contributed by atoms with E-state index in [0.29, 0.717) is 6.04 Å². The number of nitrogens with one attached hydrogen (secondary N) is 1. The van der Waals surface area contributed by atoms with E-state index in [2.05, 4.69) is 39.9 Å². The third kappa shape index (κ3) is 4.80. The van der Waals surface area contributed by atoms with Crippen molar-refractivity contribution in [3.63, 3.8) is 0 Å². The molecule has 0 heterocycles. The molecule has 0 spiro atoms. The summed E-state index contributed by atoms with van der Waals surface area (Å²) < 4.78 is 0. The summed E-state index contributed by atoms with van der Waals surface area (Å²) in [5.74, 6) is 1.59. The summed E-state index contributed by atoms with van der Waals surface area (Å²) >= 11 is 0. The maximum Gasteiger partial charge on any atom is 0.00104 e. The van der Waals surface area contributed by atoms with Crippen LogP contribution < -0.4 is 5.32 Å². The van der Waals surface area contributed by atoms with E-state index < -0.39 is 0 Å². The summed E-state index contributed by atoms with van der Waals surface area (Å²) in [6.07, 6.45) is 0. The standard InChI is InChI=1S/C9H21N/c1-7(2)9(5)6-10-8(3)4/h7-10H,6H2,1-5H3/t9-/m0/s1. The van der Waals surface area contributed by atoms with Crippen molar-refractivity contribution in [1.29, 1.82) is 0 Å². The van der Waals surface area contributed by atoms with E-state index in [-0.39, 0.29) is 0 Å². The molecular weight excluding hydrogens is 122 g/mol. The first-order valence-electron chi connectivity index (χ1n) is 4.27. The second-order valence-corrected chi connectivity index (χ2v) is 3.78. The van der Waals surface area contributed by atoms with Crippen LogP contribution in [0.1, 0.15) is 34.6 Å². The fraction of sp³-hybridized carbons (Fsp3) is 1.00. The third-order valence-electron chi connectivity index (χ3n) is 1.99. The lowest BCUT2D eigenvalue weighted by molar-refractivity contribution is 0.379. The summed E-state index contributed by atoms with van der Waals surface area (Å²) in [5.41, 5.74) is 0. The summed E-state index contributed by atoms with van der Waals surface area (Å²) in [6, 6.07) is 0.626. The maximum atomic E-state index is 3.43. The van der Waals surface area contributed by atoms with E-state index in [4.69, 9.17) is 0 Å². The summed E-state index contributed by atoms with van der Waals surface area (Å²) in [7, 11) is 0. The molecule has 0 amide bonds. The second-order valence-electron chi connectivity index (χ2n) is 3.78. The minimum absolute atomic E-state index is 0.626. The van der Waals surface area contributed by atoms with Crippen molar-refractivity contribution in [3.05, 3.63) is 0 Å². The maximum absolute atomic E-state index is 3.43. The third-order valence-corrected chi connectivity index (χ3v) is 1.99. The summed E-state index contributed by atoms with van der Waals surface area (Å²) in [5, 5.41) is 3.43. The van der Waals surface area contributed by atoms with Crippen LogP contribution in [0.4, 0.5) is 0 Å². The Bertz CT molecular complexity index is 76.8. The lowest BCUT2D eigenvalue weighted by Gasteiger charge is -2.17. The summed E-state index contributed by atoms with van der Waals surface area (Å²) in [4.78, 5) is 0. The Morgan fingerprint density at radius 2 is 1.50 bits per heavy atom. The van der Waals surface area contributed by atoms with Crippen LogP contribution in [0.25, 0.3) is 0 Å². The van der Waals surface area contributed by atoms with Gasteiger partial charge in [0.1, 0.15) is 0 Å². The average Bonchev–Trinajstić information content (AvgIpc) is 1.82. The minimum atomic E-state index is 0.626. The highest BCUT2D eigenvalue weighted by atomic mass is 14.9. The quantitative estimate of drug-likeness (QED) is 0.636. The Morgan fingerprint density at radius 1 is 1.00 bits per heavy atom. The van der Waals surface area contributed by atoms with Crippen LogP contribution in [0.15, 0.2) is 0 Å². The van der Waals surface area contributed by atoms with Crippen molar-refractivity contribution in [2.24, 2.45) is 11.8 Å². The van der Waals surface area contributed by atoms with Crippen molar-refractivity contribution in [3.8, 4) is 0 Å². The molecule has 0 saturated heterocycles. The monoisotopic (exact) mass is 143 g/mol. The van der Waals surface area contributed by atoms with Gasteiger partial charge in [-0.2, -0.15) is 0 Å². The van der Waals surface area contributed by atoms with Crippen LogP contribution in [0.5, 0.6) is 0 Å². The Balaban J connectivity index is 3.30. The molecule has 1 N–H and O–H groups in total. The molecule has 0 radical (unpaired) electrons. The first-order valence-corrected chi connectivity index (χ1v) is 4.27. The normalized spacial score (nSPS) is 14.7. The van der Waals surface area contributed by atoms with Gasteiger partial charge in [-0.3, -0.25) is 0 Å². The van der Waals surface area contributed by atoms with Gasteiger partial charge in [0.05, 0.1) is 0 Å². The van der Waals surface area contributed by atoms with E-state index in [1.165, 1.54) is 0 Å². The Kier molecular flexibility index (Phi) is 4.71. The van der Waals surface area contributed by atoms with E-state index in [0.717, 1.165) is 18.4 Å². The lowest BCUT2D eigenvalue weighted by Crippen LogP contribution is -2.29. The molecule has 0 aromatic heterocycles. The highest BCUT2D eigenvalue weighted by Gasteiger charge is 2.06. The van der Waals surface area contributed by atoms with E-state index in [1.807, 2.05) is 0 Å². The molecule has 0 saturated carbocycles. The zero-order chi connectivity index (χ0) is 8.15. The predicted octanol–water partition coefficient (Wildman–Crippen LogP) is 2.28. The number of hydrogen-bond acceptors (Lipinski definition) is 1. The van der Waals surface area contributed by atoms with Crippen LogP contribution in [-0.4, -0.2) is 12.6 Å². The van der Waals surface area contributed by atoms with Gasteiger partial charge in [-0.15, -0.1) is 0 Å². The van der Waals surface area contributed by atoms with Crippen molar-refractivity contribution in [2.45, 2.75) is 40.7 Å². The highest BCUT2D eigenvalue weighted by Crippen LogP contribution is 2.07. The number of rotatable bonds is 4. The van der Waals surface area contributed by atoms with Crippen molar-refractivity contribution >= 4 is 0 Å². The topological polar surface area (TPSA) is 12.0 Å². The van der Waals surface area contributed by atoms with Crippen LogP contribution in [0.2, 0.25) is 0 Å². The molecule has 0 aliphatic carbocycles. The van der Waals surface area contributed by atoms with E-state index in [9.17, 15) is 0 Å². The lowest BCUT2D eigenvalue weighted by atomic mass is 9.98. The van der Waals surface area contributed by atoms with Crippen LogP contribution in [0.3, 0.4) is 0 Å². The zero-order valence-corrected chi connectivity index (χ0v) is 7.94. The number of hydrogen-bond donors (Lipinski definition) is 1. The molecule has 0 aromatic carbocycles. The summed E-state index contributed by atoms with van der Waals surface area (Å²) in [6.45, 7) is 12.4. The molecule has 1 heteroatoms. The van der Waals surface area contributed by atoms with Crippen LogP contribution in [-0.2, 0) is 0 Å². The SMILES string of the molecule is CC(C)NC[C@H](C)C(C)C. The molecule has 10 heavy (non-hydrogen) atoms. The molecule has 62 valence electrons. The largest absolute Gasteiger partial charge is 0.314 e. The predicted molar refractivity (Wildman–Crippen MR) is 47.1 cm³/mol. The van der Waals surface area contributed by atoms with Gasteiger partial charge in [0.25, 0.3) is 0 Å². The van der Waals surface area contributed by atoms with Gasteiger partial charge in [-0.05, 0) is 18.4 Å². The van der Waals surface area contributed by atoms with Crippen LogP contribution in [0, 0.1) is 11.8 Å². The van der Waals surface area contributed by atoms with Crippen molar-refractivity contribution < 1.29 is 0 Å². The average molecular weight is 143 g/mol. The van der Waals surface area contributed by atoms with E-state index >= 15 is 0 Å². The Labute approximate surface area is 65.2 Å². The van der Waals surface area contributed by atoms with Gasteiger partial charge in [-0.25, -0.2) is 0 Å². The van der Waals surface area contributed by atoms with Gasteiger partial charge in [0.15, 0.2) is 0 Å². The fourth-order valence-electron chi connectivity index (χ4n) is 0.657. The first kappa shape index (κ1) is 9.96. The molecule has 0 bridgehead atoms. The van der Waals surface area contributed by atoms with Gasteiger partial charge >= 0.3 is 0 Å². The molecule has 1 nitrogen and oxygen atoms in total. The molecule has 0 fully saturated rings. The molecule has 1 atom stereocenters. The molecule has 0 aromatic rings. The Hall–Kier alpha value is -0.0400. The van der Waals surface area contributed by atoms with Gasteiger partial charge in [0.2, 0.25) is 0 Å².